The molecule has 1 aromatic carbocycles. The summed E-state index contributed by atoms with van der Waals surface area (Å²) in [6.45, 7) is -0.835. The minimum Gasteiger partial charge on any atom is -0.456 e. The molecule has 2 N–H and O–H groups in total. The van der Waals surface area contributed by atoms with Crippen LogP contribution in [0.25, 0.3) is 0 Å². The predicted octanol–water partition coefficient (Wildman–Crippen LogP) is 2.37. The van der Waals surface area contributed by atoms with Crippen molar-refractivity contribution in [1.29, 1.82) is 0 Å². The van der Waals surface area contributed by atoms with E-state index in [1.165, 1.54) is 12.1 Å². The molecule has 3 rings (SSSR count). The monoisotopic (exact) mass is 452 g/mol. The number of hydrogen-bond acceptors (Lipinski definition) is 7. The Morgan fingerprint density at radius 2 is 1.97 bits per heavy atom. The fraction of sp³-hybridized carbons (Fsp3) is 0.474. The lowest BCUT2D eigenvalue weighted by Crippen LogP contribution is -2.48. The number of nitro benzene ring substituents is 1. The van der Waals surface area contributed by atoms with Gasteiger partial charge >= 0.3 is 12.0 Å². The molecule has 0 aromatic heterocycles. The summed E-state index contributed by atoms with van der Waals surface area (Å²) in [7, 11) is 0. The number of benzene rings is 1. The number of halogens is 1. The molecular formula is C19H21ClN4O7. The number of anilines is 1. The van der Waals surface area contributed by atoms with E-state index < -0.39 is 40.7 Å². The van der Waals surface area contributed by atoms with Gasteiger partial charge in [-0.15, -0.1) is 0 Å². The van der Waals surface area contributed by atoms with Crippen LogP contribution in [0.2, 0.25) is 5.02 Å². The lowest BCUT2D eigenvalue weighted by molar-refractivity contribution is -0.383. The molecule has 12 heteroatoms. The molecule has 31 heavy (non-hydrogen) atoms. The van der Waals surface area contributed by atoms with Crippen LogP contribution >= 0.6 is 11.6 Å². The molecule has 1 spiro atoms. The fourth-order valence-electron chi connectivity index (χ4n) is 3.74. The number of carbonyl (C=O) groups excluding carboxylic acids is 4. The molecule has 0 unspecified atom stereocenters. The molecule has 166 valence electrons. The van der Waals surface area contributed by atoms with Crippen LogP contribution in [0.3, 0.4) is 0 Å². The van der Waals surface area contributed by atoms with Gasteiger partial charge in [0, 0.05) is 17.6 Å². The average Bonchev–Trinajstić information content (AvgIpc) is 2.95. The van der Waals surface area contributed by atoms with Crippen molar-refractivity contribution in [2.45, 2.75) is 44.1 Å². The van der Waals surface area contributed by atoms with Crippen molar-refractivity contribution < 1.29 is 28.8 Å². The number of esters is 1. The third-order valence-electron chi connectivity index (χ3n) is 5.29. The van der Waals surface area contributed by atoms with E-state index in [0.717, 1.165) is 30.2 Å². The molecule has 1 saturated heterocycles. The van der Waals surface area contributed by atoms with E-state index in [2.05, 4.69) is 10.6 Å². The molecule has 2 fully saturated rings. The molecule has 11 nitrogen and oxygen atoms in total. The number of nitrogens with one attached hydrogen (secondary N) is 2. The number of nitrogens with zero attached hydrogens (tertiary/aromatic N) is 2. The van der Waals surface area contributed by atoms with Crippen LogP contribution in [0.15, 0.2) is 18.2 Å². The van der Waals surface area contributed by atoms with Gasteiger partial charge in [-0.3, -0.25) is 29.4 Å². The topological polar surface area (TPSA) is 148 Å². The molecule has 1 saturated carbocycles. The number of nitro groups is 1. The third kappa shape index (κ3) is 5.10. The zero-order valence-electron chi connectivity index (χ0n) is 16.5. The van der Waals surface area contributed by atoms with Gasteiger partial charge in [0.25, 0.3) is 17.5 Å². The molecule has 1 aliphatic heterocycles. The predicted molar refractivity (Wildman–Crippen MR) is 108 cm³/mol. The molecule has 1 heterocycles. The van der Waals surface area contributed by atoms with E-state index in [1.807, 2.05) is 0 Å². The van der Waals surface area contributed by atoms with Gasteiger partial charge in [-0.1, -0.05) is 30.9 Å². The summed E-state index contributed by atoms with van der Waals surface area (Å²) in [6, 6.07) is 3.18. The first kappa shape index (κ1) is 22.5. The molecular weight excluding hydrogens is 432 g/mol. The lowest BCUT2D eigenvalue weighted by Gasteiger charge is -2.30. The van der Waals surface area contributed by atoms with Crippen molar-refractivity contribution in [2.75, 3.05) is 18.5 Å². The van der Waals surface area contributed by atoms with Gasteiger partial charge in [-0.25, -0.2) is 4.79 Å². The third-order valence-corrected chi connectivity index (χ3v) is 5.52. The highest BCUT2D eigenvalue weighted by Gasteiger charge is 2.51. The summed E-state index contributed by atoms with van der Waals surface area (Å²) < 4.78 is 4.85. The van der Waals surface area contributed by atoms with Crippen LogP contribution in [-0.4, -0.2) is 52.3 Å². The number of ether oxygens (including phenoxy) is 1. The van der Waals surface area contributed by atoms with Crippen LogP contribution < -0.4 is 10.6 Å². The Balaban J connectivity index is 1.47. The summed E-state index contributed by atoms with van der Waals surface area (Å²) in [6.07, 6.45) is 3.60. The number of rotatable bonds is 7. The SMILES string of the molecule is O=C(COC(=O)CCN1C(=O)NC2(CCCCC2)C1=O)Nc1ccc(Cl)cc1[N+](=O)[O-]. The Morgan fingerprint density at radius 1 is 1.26 bits per heavy atom. The summed E-state index contributed by atoms with van der Waals surface area (Å²) >= 11 is 5.71. The maximum absolute atomic E-state index is 12.6. The second-order valence-electron chi connectivity index (χ2n) is 7.41. The molecule has 1 aliphatic carbocycles. The highest BCUT2D eigenvalue weighted by molar-refractivity contribution is 6.31. The summed E-state index contributed by atoms with van der Waals surface area (Å²) in [4.78, 5) is 60.1. The Morgan fingerprint density at radius 3 is 2.65 bits per heavy atom. The van der Waals surface area contributed by atoms with E-state index in [0.29, 0.717) is 12.8 Å². The number of hydrogen-bond donors (Lipinski definition) is 2. The summed E-state index contributed by atoms with van der Waals surface area (Å²) in [5.41, 5.74) is -1.36. The van der Waals surface area contributed by atoms with Crippen molar-refractivity contribution in [3.05, 3.63) is 33.3 Å². The minimum absolute atomic E-state index is 0.0902. The van der Waals surface area contributed by atoms with E-state index in [-0.39, 0.29) is 29.6 Å². The highest BCUT2D eigenvalue weighted by Crippen LogP contribution is 2.33. The van der Waals surface area contributed by atoms with Crippen LogP contribution in [0.5, 0.6) is 0 Å². The smallest absolute Gasteiger partial charge is 0.325 e. The Bertz CT molecular complexity index is 930. The zero-order valence-corrected chi connectivity index (χ0v) is 17.3. The first-order chi connectivity index (χ1) is 14.7. The lowest BCUT2D eigenvalue weighted by atomic mass is 9.82. The summed E-state index contributed by atoms with van der Waals surface area (Å²) in [5, 5.41) is 16.2. The van der Waals surface area contributed by atoms with Crippen molar-refractivity contribution in [3.63, 3.8) is 0 Å². The van der Waals surface area contributed by atoms with Gasteiger partial charge < -0.3 is 15.4 Å². The van der Waals surface area contributed by atoms with E-state index in [9.17, 15) is 29.3 Å². The van der Waals surface area contributed by atoms with Crippen molar-refractivity contribution in [3.8, 4) is 0 Å². The van der Waals surface area contributed by atoms with Gasteiger partial charge in [0.15, 0.2) is 6.61 Å². The van der Waals surface area contributed by atoms with E-state index in [1.54, 1.807) is 0 Å². The maximum Gasteiger partial charge on any atom is 0.325 e. The minimum atomic E-state index is -0.869. The summed E-state index contributed by atoms with van der Waals surface area (Å²) in [5.74, 6) is -1.90. The number of carbonyl (C=O) groups is 4. The van der Waals surface area contributed by atoms with Gasteiger partial charge in [0.05, 0.1) is 11.3 Å². The van der Waals surface area contributed by atoms with Gasteiger partial charge in [0.1, 0.15) is 11.2 Å². The van der Waals surface area contributed by atoms with Crippen LogP contribution in [0.1, 0.15) is 38.5 Å². The highest BCUT2D eigenvalue weighted by atomic mass is 35.5. The average molecular weight is 453 g/mol. The van der Waals surface area contributed by atoms with Crippen molar-refractivity contribution >= 4 is 46.8 Å². The van der Waals surface area contributed by atoms with E-state index >= 15 is 0 Å². The second-order valence-corrected chi connectivity index (χ2v) is 7.84. The van der Waals surface area contributed by atoms with Gasteiger partial charge in [-0.2, -0.15) is 0 Å². The quantitative estimate of drug-likeness (QED) is 0.279. The van der Waals surface area contributed by atoms with Gasteiger partial charge in [-0.05, 0) is 25.0 Å². The number of imide groups is 1. The van der Waals surface area contributed by atoms with Crippen molar-refractivity contribution in [1.82, 2.24) is 10.2 Å². The Hall–Kier alpha value is -3.21. The van der Waals surface area contributed by atoms with Crippen LogP contribution in [-0.2, 0) is 19.1 Å². The molecule has 1 aromatic rings. The first-order valence-corrected chi connectivity index (χ1v) is 10.1. The Kier molecular flexibility index (Phi) is 6.74. The normalized spacial score (nSPS) is 17.4. The molecule has 0 bridgehead atoms. The second kappa shape index (κ2) is 9.29. The van der Waals surface area contributed by atoms with Gasteiger partial charge in [0.2, 0.25) is 0 Å². The Labute approximate surface area is 182 Å². The maximum atomic E-state index is 12.6. The zero-order chi connectivity index (χ0) is 22.6. The van der Waals surface area contributed by atoms with E-state index in [4.69, 9.17) is 16.3 Å². The molecule has 0 radical (unpaired) electrons. The van der Waals surface area contributed by atoms with Crippen LogP contribution in [0.4, 0.5) is 16.2 Å². The van der Waals surface area contributed by atoms with Crippen LogP contribution in [0, 0.1) is 10.1 Å². The van der Waals surface area contributed by atoms with Crippen molar-refractivity contribution in [2.24, 2.45) is 0 Å². The fourth-order valence-corrected chi connectivity index (χ4v) is 3.91. The largest absolute Gasteiger partial charge is 0.456 e. The number of urea groups is 1. The first-order valence-electron chi connectivity index (χ1n) is 9.75. The molecule has 4 amide bonds. The molecule has 0 atom stereocenters. The standard InChI is InChI=1S/C19H21ClN4O7/c20-12-4-5-13(14(10-12)24(29)30)21-15(25)11-31-16(26)6-9-23-17(27)19(22-18(23)28)7-2-1-3-8-19/h4-5,10H,1-3,6-9,11H2,(H,21,25)(H,22,28). The molecule has 2 aliphatic rings. The number of amides is 4.